The molecule has 3 aromatic rings. The van der Waals surface area contributed by atoms with Crippen LogP contribution >= 0.6 is 0 Å². The highest BCUT2D eigenvalue weighted by Gasteiger charge is 2.38. The molecule has 0 aliphatic carbocycles. The number of benzene rings is 3. The standard InChI is InChI=1S/C40H52O6/c1-11-19-40(14-4,24-32-20-26(5)15-17-36(32)44-29(8)41)35-23-28(7)21-33(38(35)46-31(10)43)25-39(12-2,13-3)34-22-27(6)16-18-37(34)45-30(9)42/h15-18,20-23H,11-14,19,24-25H2,1-10H3. The number of aryl methyl sites for hydroxylation is 3. The van der Waals surface area contributed by atoms with Crippen LogP contribution in [0.3, 0.4) is 0 Å². The minimum Gasteiger partial charge on any atom is -0.426 e. The van der Waals surface area contributed by atoms with E-state index in [1.54, 1.807) is 0 Å². The van der Waals surface area contributed by atoms with Gasteiger partial charge in [-0.2, -0.15) is 0 Å². The average molecular weight is 629 g/mol. The zero-order valence-corrected chi connectivity index (χ0v) is 29.5. The van der Waals surface area contributed by atoms with E-state index in [2.05, 4.69) is 58.9 Å². The van der Waals surface area contributed by atoms with E-state index in [1.807, 2.05) is 38.1 Å². The fourth-order valence-electron chi connectivity index (χ4n) is 7.03. The molecular formula is C40H52O6. The molecule has 0 N–H and O–H groups in total. The van der Waals surface area contributed by atoms with E-state index in [0.717, 1.165) is 71.0 Å². The van der Waals surface area contributed by atoms with Gasteiger partial charge in [0.05, 0.1) is 0 Å². The van der Waals surface area contributed by atoms with Crippen molar-refractivity contribution >= 4 is 17.9 Å². The summed E-state index contributed by atoms with van der Waals surface area (Å²) in [6.45, 7) is 19.1. The van der Waals surface area contributed by atoms with Crippen molar-refractivity contribution < 1.29 is 28.6 Å². The summed E-state index contributed by atoms with van der Waals surface area (Å²) in [5.74, 6) is 0.626. The summed E-state index contributed by atoms with van der Waals surface area (Å²) in [4.78, 5) is 37.0. The van der Waals surface area contributed by atoms with Gasteiger partial charge in [0.2, 0.25) is 0 Å². The summed E-state index contributed by atoms with van der Waals surface area (Å²) in [5.41, 5.74) is 6.30. The van der Waals surface area contributed by atoms with Crippen LogP contribution in [0.25, 0.3) is 0 Å². The average Bonchev–Trinajstić information content (AvgIpc) is 2.98. The topological polar surface area (TPSA) is 78.9 Å². The van der Waals surface area contributed by atoms with Crippen LogP contribution in [0.2, 0.25) is 0 Å². The molecule has 0 aliphatic rings. The van der Waals surface area contributed by atoms with Crippen LogP contribution in [0.5, 0.6) is 17.2 Å². The third-order valence-electron chi connectivity index (χ3n) is 9.37. The van der Waals surface area contributed by atoms with Crippen molar-refractivity contribution in [2.24, 2.45) is 0 Å². The molecule has 1 atom stereocenters. The van der Waals surface area contributed by atoms with Crippen molar-refractivity contribution in [3.63, 3.8) is 0 Å². The molecule has 0 saturated carbocycles. The van der Waals surface area contributed by atoms with Gasteiger partial charge < -0.3 is 14.2 Å². The Morgan fingerprint density at radius 3 is 1.59 bits per heavy atom. The smallest absolute Gasteiger partial charge is 0.308 e. The first-order valence-corrected chi connectivity index (χ1v) is 16.6. The quantitative estimate of drug-likeness (QED) is 0.131. The first-order chi connectivity index (χ1) is 21.7. The van der Waals surface area contributed by atoms with Gasteiger partial charge >= 0.3 is 17.9 Å². The van der Waals surface area contributed by atoms with E-state index < -0.39 is 10.8 Å². The maximum absolute atomic E-state index is 12.8. The van der Waals surface area contributed by atoms with E-state index in [1.165, 1.54) is 20.8 Å². The summed E-state index contributed by atoms with van der Waals surface area (Å²) < 4.78 is 17.6. The lowest BCUT2D eigenvalue weighted by atomic mass is 9.67. The molecule has 0 radical (unpaired) electrons. The molecule has 46 heavy (non-hydrogen) atoms. The van der Waals surface area contributed by atoms with Gasteiger partial charge in [0.15, 0.2) is 0 Å². The van der Waals surface area contributed by atoms with Crippen LogP contribution in [-0.4, -0.2) is 17.9 Å². The van der Waals surface area contributed by atoms with Crippen molar-refractivity contribution in [3.05, 3.63) is 87.5 Å². The Hall–Kier alpha value is -3.93. The number of ether oxygens (including phenoxy) is 3. The Morgan fingerprint density at radius 2 is 1.04 bits per heavy atom. The van der Waals surface area contributed by atoms with Crippen LogP contribution in [0.15, 0.2) is 48.5 Å². The molecule has 3 aromatic carbocycles. The Morgan fingerprint density at radius 1 is 0.565 bits per heavy atom. The molecular weight excluding hydrogens is 576 g/mol. The van der Waals surface area contributed by atoms with Crippen LogP contribution in [0.4, 0.5) is 0 Å². The lowest BCUT2D eigenvalue weighted by Gasteiger charge is -2.38. The highest BCUT2D eigenvalue weighted by atomic mass is 16.5. The molecule has 3 rings (SSSR count). The number of carbonyl (C=O) groups excluding carboxylic acids is 3. The summed E-state index contributed by atoms with van der Waals surface area (Å²) >= 11 is 0. The third-order valence-corrected chi connectivity index (χ3v) is 9.37. The number of carbonyl (C=O) groups is 3. The maximum Gasteiger partial charge on any atom is 0.308 e. The zero-order valence-electron chi connectivity index (χ0n) is 29.5. The fraction of sp³-hybridized carbons (Fsp3) is 0.475. The summed E-state index contributed by atoms with van der Waals surface area (Å²) in [6.07, 6.45) is 5.31. The van der Waals surface area contributed by atoms with Gasteiger partial charge in [0.25, 0.3) is 0 Å². The predicted molar refractivity (Wildman–Crippen MR) is 184 cm³/mol. The van der Waals surface area contributed by atoms with Gasteiger partial charge in [-0.05, 0) is 82.6 Å². The molecule has 0 amide bonds. The molecule has 0 heterocycles. The van der Waals surface area contributed by atoms with Crippen molar-refractivity contribution in [1.82, 2.24) is 0 Å². The van der Waals surface area contributed by atoms with Crippen LogP contribution < -0.4 is 14.2 Å². The number of hydrogen-bond acceptors (Lipinski definition) is 6. The van der Waals surface area contributed by atoms with Gasteiger partial charge in [0, 0.05) is 42.7 Å². The Bertz CT molecular complexity index is 1560. The molecule has 6 heteroatoms. The SMILES string of the molecule is CCCC(CC)(Cc1cc(C)ccc1OC(C)=O)c1cc(C)cc(CC(CC)(CC)c2cc(C)ccc2OC(C)=O)c1OC(C)=O. The summed E-state index contributed by atoms with van der Waals surface area (Å²) in [5, 5.41) is 0. The molecule has 0 aliphatic heterocycles. The second-order valence-corrected chi connectivity index (χ2v) is 12.9. The zero-order chi connectivity index (χ0) is 34.2. The molecule has 1 unspecified atom stereocenters. The van der Waals surface area contributed by atoms with Crippen LogP contribution in [0.1, 0.15) is 120 Å². The normalized spacial score (nSPS) is 12.7. The highest BCUT2D eigenvalue weighted by molar-refractivity contribution is 5.72. The monoisotopic (exact) mass is 628 g/mol. The molecule has 0 bridgehead atoms. The number of esters is 3. The van der Waals surface area contributed by atoms with Crippen molar-refractivity contribution in [1.29, 1.82) is 0 Å². The van der Waals surface area contributed by atoms with E-state index in [4.69, 9.17) is 14.2 Å². The lowest BCUT2D eigenvalue weighted by Crippen LogP contribution is -2.32. The van der Waals surface area contributed by atoms with Crippen molar-refractivity contribution in [2.75, 3.05) is 0 Å². The van der Waals surface area contributed by atoms with Crippen LogP contribution in [0, 0.1) is 20.8 Å². The first-order valence-electron chi connectivity index (χ1n) is 16.6. The largest absolute Gasteiger partial charge is 0.426 e. The number of hydrogen-bond donors (Lipinski definition) is 0. The van der Waals surface area contributed by atoms with Crippen molar-refractivity contribution in [3.8, 4) is 17.2 Å². The van der Waals surface area contributed by atoms with Gasteiger partial charge in [-0.25, -0.2) is 0 Å². The van der Waals surface area contributed by atoms with E-state index in [-0.39, 0.29) is 17.9 Å². The molecule has 6 nitrogen and oxygen atoms in total. The van der Waals surface area contributed by atoms with E-state index in [0.29, 0.717) is 30.1 Å². The molecule has 0 aromatic heterocycles. The lowest BCUT2D eigenvalue weighted by molar-refractivity contribution is -0.133. The van der Waals surface area contributed by atoms with Crippen molar-refractivity contribution in [2.45, 2.75) is 125 Å². The maximum atomic E-state index is 12.8. The molecule has 0 fully saturated rings. The van der Waals surface area contributed by atoms with E-state index in [9.17, 15) is 14.4 Å². The molecule has 0 saturated heterocycles. The molecule has 248 valence electrons. The second kappa shape index (κ2) is 15.6. The van der Waals surface area contributed by atoms with Gasteiger partial charge in [-0.3, -0.25) is 14.4 Å². The van der Waals surface area contributed by atoms with Gasteiger partial charge in [0.1, 0.15) is 17.2 Å². The Kier molecular flexibility index (Phi) is 12.4. The summed E-state index contributed by atoms with van der Waals surface area (Å²) in [6, 6.07) is 16.2. The second-order valence-electron chi connectivity index (χ2n) is 12.9. The number of rotatable bonds is 14. The minimum atomic E-state index is -0.406. The third kappa shape index (κ3) is 8.45. The predicted octanol–water partition coefficient (Wildman–Crippen LogP) is 9.38. The van der Waals surface area contributed by atoms with Gasteiger partial charge in [-0.15, -0.1) is 0 Å². The minimum absolute atomic E-state index is 0.360. The summed E-state index contributed by atoms with van der Waals surface area (Å²) in [7, 11) is 0. The molecule has 0 spiro atoms. The fourth-order valence-corrected chi connectivity index (χ4v) is 7.03. The van der Waals surface area contributed by atoms with Crippen LogP contribution in [-0.2, 0) is 38.1 Å². The Balaban J connectivity index is 2.34. The first kappa shape index (κ1) is 36.5. The van der Waals surface area contributed by atoms with E-state index >= 15 is 0 Å². The van der Waals surface area contributed by atoms with Gasteiger partial charge in [-0.1, -0.05) is 87.2 Å². The Labute approximate surface area is 275 Å². The highest BCUT2D eigenvalue weighted by Crippen LogP contribution is 2.48.